The number of benzene rings is 1. The zero-order valence-corrected chi connectivity index (χ0v) is 10.4. The summed E-state index contributed by atoms with van der Waals surface area (Å²) in [5.74, 6) is 0.524. The molecule has 1 heterocycles. The highest BCUT2D eigenvalue weighted by Gasteiger charge is 2.10. The van der Waals surface area contributed by atoms with E-state index in [1.54, 1.807) is 18.5 Å². The second-order valence-electron chi connectivity index (χ2n) is 4.05. The van der Waals surface area contributed by atoms with Crippen LogP contribution in [0, 0.1) is 0 Å². The highest BCUT2D eigenvalue weighted by molar-refractivity contribution is 5.33. The lowest BCUT2D eigenvalue weighted by atomic mass is 10.0. The van der Waals surface area contributed by atoms with E-state index in [0.717, 1.165) is 12.0 Å². The van der Waals surface area contributed by atoms with Gasteiger partial charge < -0.3 is 10.4 Å². The summed E-state index contributed by atoms with van der Waals surface area (Å²) in [5.41, 5.74) is 2.31. The maximum atomic E-state index is 9.45. The Morgan fingerprint density at radius 2 is 1.83 bits per heavy atom. The summed E-state index contributed by atoms with van der Waals surface area (Å²) in [6.07, 6.45) is 4.35. The lowest BCUT2D eigenvalue weighted by Crippen LogP contribution is -2.16. The van der Waals surface area contributed by atoms with Crippen LogP contribution in [0.3, 0.4) is 0 Å². The molecule has 0 aliphatic heterocycles. The molecule has 0 saturated carbocycles. The second kappa shape index (κ2) is 6.12. The van der Waals surface area contributed by atoms with Gasteiger partial charge in [0.2, 0.25) is 5.95 Å². The Bertz CT molecular complexity index is 470. The van der Waals surface area contributed by atoms with E-state index in [1.165, 1.54) is 5.56 Å². The summed E-state index contributed by atoms with van der Waals surface area (Å²) in [5, 5.41) is 12.6. The normalized spacial score (nSPS) is 12.1. The highest BCUT2D eigenvalue weighted by atomic mass is 16.3. The predicted octanol–water partition coefficient (Wildman–Crippen LogP) is 2.18. The Labute approximate surface area is 107 Å². The molecule has 0 spiro atoms. The fourth-order valence-electron chi connectivity index (χ4n) is 1.75. The molecule has 1 aromatic carbocycles. The van der Waals surface area contributed by atoms with E-state index in [2.05, 4.69) is 34.3 Å². The van der Waals surface area contributed by atoms with Gasteiger partial charge in [0.25, 0.3) is 0 Å². The van der Waals surface area contributed by atoms with E-state index in [0.29, 0.717) is 5.95 Å². The van der Waals surface area contributed by atoms with Gasteiger partial charge in [-0.3, -0.25) is 0 Å². The summed E-state index contributed by atoms with van der Waals surface area (Å²) in [7, 11) is 0. The number of aliphatic hydroxyl groups excluding tert-OH is 1. The Morgan fingerprint density at radius 1 is 1.17 bits per heavy atom. The molecule has 0 amide bonds. The van der Waals surface area contributed by atoms with Crippen molar-refractivity contribution in [1.82, 2.24) is 9.97 Å². The average Bonchev–Trinajstić information content (AvgIpc) is 2.46. The van der Waals surface area contributed by atoms with Crippen LogP contribution in [0.5, 0.6) is 0 Å². The van der Waals surface area contributed by atoms with Crippen LogP contribution >= 0.6 is 0 Å². The summed E-state index contributed by atoms with van der Waals surface area (Å²) in [6.45, 7) is 2.12. The Balaban J connectivity index is 2.12. The number of hydrogen-bond acceptors (Lipinski definition) is 4. The van der Waals surface area contributed by atoms with Crippen molar-refractivity contribution in [2.75, 3.05) is 11.9 Å². The molecule has 1 atom stereocenters. The molecule has 0 aliphatic rings. The van der Waals surface area contributed by atoms with Gasteiger partial charge in [-0.1, -0.05) is 31.2 Å². The van der Waals surface area contributed by atoms with Crippen LogP contribution < -0.4 is 5.32 Å². The molecule has 0 aliphatic carbocycles. The van der Waals surface area contributed by atoms with Gasteiger partial charge in [-0.15, -0.1) is 0 Å². The summed E-state index contributed by atoms with van der Waals surface area (Å²) < 4.78 is 0. The van der Waals surface area contributed by atoms with Gasteiger partial charge in [-0.25, -0.2) is 9.97 Å². The van der Waals surface area contributed by atoms with E-state index in [9.17, 15) is 5.11 Å². The molecule has 0 unspecified atom stereocenters. The van der Waals surface area contributed by atoms with Gasteiger partial charge in [-0.2, -0.15) is 0 Å². The molecule has 4 heteroatoms. The second-order valence-corrected chi connectivity index (χ2v) is 4.05. The molecule has 0 bridgehead atoms. The first-order valence-corrected chi connectivity index (χ1v) is 6.06. The average molecular weight is 243 g/mol. The van der Waals surface area contributed by atoms with E-state index < -0.39 is 0 Å². The number of nitrogens with zero attached hydrogens (tertiary/aromatic N) is 2. The molecule has 2 rings (SSSR count). The van der Waals surface area contributed by atoms with Gasteiger partial charge >= 0.3 is 0 Å². The minimum Gasteiger partial charge on any atom is -0.394 e. The monoisotopic (exact) mass is 243 g/mol. The SMILES string of the molecule is CCc1ccc([C@@H](CO)Nc2ncccn2)cc1. The first-order valence-electron chi connectivity index (χ1n) is 6.06. The van der Waals surface area contributed by atoms with Crippen LogP contribution in [0.1, 0.15) is 24.1 Å². The predicted molar refractivity (Wildman–Crippen MR) is 71.3 cm³/mol. The van der Waals surface area contributed by atoms with Crippen molar-refractivity contribution in [2.45, 2.75) is 19.4 Å². The van der Waals surface area contributed by atoms with E-state index in [1.807, 2.05) is 12.1 Å². The molecule has 2 N–H and O–H groups in total. The van der Waals surface area contributed by atoms with Gasteiger partial charge in [0.05, 0.1) is 12.6 Å². The Hall–Kier alpha value is -1.94. The summed E-state index contributed by atoms with van der Waals surface area (Å²) >= 11 is 0. The standard InChI is InChI=1S/C14H17N3O/c1-2-11-4-6-12(7-5-11)13(10-18)17-14-15-8-3-9-16-14/h3-9,13,18H,2,10H2,1H3,(H,15,16,17)/t13-/m1/s1. The van der Waals surface area contributed by atoms with Crippen LogP contribution in [0.4, 0.5) is 5.95 Å². The first kappa shape index (κ1) is 12.5. The van der Waals surface area contributed by atoms with E-state index in [-0.39, 0.29) is 12.6 Å². The lowest BCUT2D eigenvalue weighted by molar-refractivity contribution is 0.276. The molecule has 0 saturated heterocycles. The number of rotatable bonds is 5. The molecular formula is C14H17N3O. The van der Waals surface area contributed by atoms with Gasteiger partial charge in [0.1, 0.15) is 0 Å². The molecule has 0 fully saturated rings. The van der Waals surface area contributed by atoms with Crippen molar-refractivity contribution in [3.8, 4) is 0 Å². The third-order valence-corrected chi connectivity index (χ3v) is 2.84. The van der Waals surface area contributed by atoms with Crippen LogP contribution in [0.2, 0.25) is 0 Å². The molecule has 4 nitrogen and oxygen atoms in total. The third kappa shape index (κ3) is 3.05. The largest absolute Gasteiger partial charge is 0.394 e. The van der Waals surface area contributed by atoms with Crippen molar-refractivity contribution in [2.24, 2.45) is 0 Å². The quantitative estimate of drug-likeness (QED) is 0.845. The number of aryl methyl sites for hydroxylation is 1. The molecular weight excluding hydrogens is 226 g/mol. The topological polar surface area (TPSA) is 58.0 Å². The molecule has 1 aromatic heterocycles. The van der Waals surface area contributed by atoms with Crippen molar-refractivity contribution < 1.29 is 5.11 Å². The minimum absolute atomic E-state index is 0.00370. The number of aliphatic hydroxyl groups is 1. The zero-order chi connectivity index (χ0) is 12.8. The van der Waals surface area contributed by atoms with Crippen LogP contribution in [-0.4, -0.2) is 21.7 Å². The Kier molecular flexibility index (Phi) is 4.25. The number of nitrogens with one attached hydrogen (secondary N) is 1. The van der Waals surface area contributed by atoms with Crippen molar-refractivity contribution in [3.05, 3.63) is 53.9 Å². The third-order valence-electron chi connectivity index (χ3n) is 2.84. The summed E-state index contributed by atoms with van der Waals surface area (Å²) in [4.78, 5) is 8.18. The van der Waals surface area contributed by atoms with Gasteiger partial charge in [0, 0.05) is 12.4 Å². The fraction of sp³-hybridized carbons (Fsp3) is 0.286. The van der Waals surface area contributed by atoms with Crippen molar-refractivity contribution in [1.29, 1.82) is 0 Å². The maximum absolute atomic E-state index is 9.45. The Morgan fingerprint density at radius 3 is 2.39 bits per heavy atom. The maximum Gasteiger partial charge on any atom is 0.223 e. The van der Waals surface area contributed by atoms with Crippen molar-refractivity contribution >= 4 is 5.95 Å². The minimum atomic E-state index is -0.182. The van der Waals surface area contributed by atoms with E-state index >= 15 is 0 Å². The fourth-order valence-corrected chi connectivity index (χ4v) is 1.75. The molecule has 18 heavy (non-hydrogen) atoms. The van der Waals surface area contributed by atoms with E-state index in [4.69, 9.17) is 0 Å². The van der Waals surface area contributed by atoms with Gasteiger partial charge in [0.15, 0.2) is 0 Å². The zero-order valence-electron chi connectivity index (χ0n) is 10.4. The van der Waals surface area contributed by atoms with Crippen LogP contribution in [0.25, 0.3) is 0 Å². The molecule has 94 valence electrons. The molecule has 2 aromatic rings. The highest BCUT2D eigenvalue weighted by Crippen LogP contribution is 2.17. The van der Waals surface area contributed by atoms with Crippen LogP contribution in [-0.2, 0) is 6.42 Å². The molecule has 0 radical (unpaired) electrons. The van der Waals surface area contributed by atoms with Crippen LogP contribution in [0.15, 0.2) is 42.7 Å². The van der Waals surface area contributed by atoms with Gasteiger partial charge in [-0.05, 0) is 23.6 Å². The van der Waals surface area contributed by atoms with Crippen molar-refractivity contribution in [3.63, 3.8) is 0 Å². The smallest absolute Gasteiger partial charge is 0.223 e. The number of hydrogen-bond donors (Lipinski definition) is 2. The summed E-state index contributed by atoms with van der Waals surface area (Å²) in [6, 6.07) is 9.77. The number of aromatic nitrogens is 2. The lowest BCUT2D eigenvalue weighted by Gasteiger charge is -2.16. The number of anilines is 1. The first-order chi connectivity index (χ1) is 8.83.